The molecule has 0 radical (unpaired) electrons. The van der Waals surface area contributed by atoms with E-state index in [4.69, 9.17) is 14.2 Å². The summed E-state index contributed by atoms with van der Waals surface area (Å²) < 4.78 is 16.1. The third-order valence-corrected chi connectivity index (χ3v) is 5.70. The molecule has 2 amide bonds. The van der Waals surface area contributed by atoms with Gasteiger partial charge in [-0.25, -0.2) is 4.79 Å². The number of rotatable bonds is 9. The number of carbonyl (C=O) groups excluding carboxylic acids is 2. The normalized spacial score (nSPS) is 13.2. The lowest BCUT2D eigenvalue weighted by molar-refractivity contribution is -0.124. The maximum Gasteiger partial charge on any atom is 0.408 e. The summed E-state index contributed by atoms with van der Waals surface area (Å²) in [6.45, 7) is 13.8. The van der Waals surface area contributed by atoms with E-state index in [2.05, 4.69) is 43.5 Å². The molecule has 35 heavy (non-hydrogen) atoms. The number of nitrogens with one attached hydrogen (secondary N) is 2. The van der Waals surface area contributed by atoms with Gasteiger partial charge in [-0.1, -0.05) is 65.0 Å². The minimum absolute atomic E-state index is 0.00401. The summed E-state index contributed by atoms with van der Waals surface area (Å²) in [5, 5.41) is 5.84. The van der Waals surface area contributed by atoms with E-state index < -0.39 is 18.2 Å². The molecule has 0 aliphatic heterocycles. The number of hydrogen-bond acceptors (Lipinski definition) is 5. The van der Waals surface area contributed by atoms with Crippen LogP contribution in [0.15, 0.2) is 42.5 Å². The zero-order valence-electron chi connectivity index (χ0n) is 22.4. The quantitative estimate of drug-likeness (QED) is 0.500. The standard InChI is InChI=1S/C28H40N2O5/c1-17(2)24(30-27(32)35-18(3)4)26(31)29-25(19-10-13-21(14-11-19)28(5,6)7)20-12-15-22(33-8)23(16-20)34-9/h10-18,24-25H,1-9H3,(H,29,31)(H,30,32)/t24-,25?/m0/s1. The Kier molecular flexibility index (Phi) is 9.57. The smallest absolute Gasteiger partial charge is 0.408 e. The van der Waals surface area contributed by atoms with Crippen LogP contribution in [0.2, 0.25) is 0 Å². The van der Waals surface area contributed by atoms with Crippen molar-refractivity contribution in [3.05, 3.63) is 59.2 Å². The molecule has 0 heterocycles. The van der Waals surface area contributed by atoms with Crippen molar-refractivity contribution in [1.29, 1.82) is 0 Å². The highest BCUT2D eigenvalue weighted by Crippen LogP contribution is 2.33. The third kappa shape index (κ3) is 7.64. The van der Waals surface area contributed by atoms with Crippen LogP contribution in [-0.2, 0) is 14.9 Å². The van der Waals surface area contributed by atoms with Gasteiger partial charge in [-0.3, -0.25) is 4.79 Å². The molecule has 1 unspecified atom stereocenters. The van der Waals surface area contributed by atoms with Gasteiger partial charge in [0.15, 0.2) is 11.5 Å². The van der Waals surface area contributed by atoms with Crippen molar-refractivity contribution in [2.75, 3.05) is 14.2 Å². The summed E-state index contributed by atoms with van der Waals surface area (Å²) >= 11 is 0. The number of hydrogen-bond donors (Lipinski definition) is 2. The number of methoxy groups -OCH3 is 2. The summed E-state index contributed by atoms with van der Waals surface area (Å²) in [4.78, 5) is 25.7. The molecule has 2 aromatic rings. The molecule has 7 nitrogen and oxygen atoms in total. The predicted molar refractivity (Wildman–Crippen MR) is 138 cm³/mol. The fourth-order valence-corrected chi connectivity index (χ4v) is 3.71. The number of amides is 2. The summed E-state index contributed by atoms with van der Waals surface area (Å²) in [6.07, 6.45) is -0.905. The molecule has 7 heteroatoms. The van der Waals surface area contributed by atoms with Crippen LogP contribution < -0.4 is 20.1 Å². The van der Waals surface area contributed by atoms with Crippen molar-refractivity contribution in [3.8, 4) is 11.5 Å². The third-order valence-electron chi connectivity index (χ3n) is 5.70. The molecule has 0 aliphatic carbocycles. The molecule has 0 saturated heterocycles. The summed E-state index contributed by atoms with van der Waals surface area (Å²) in [7, 11) is 3.16. The van der Waals surface area contributed by atoms with Crippen LogP contribution in [0, 0.1) is 5.92 Å². The minimum Gasteiger partial charge on any atom is -0.493 e. The van der Waals surface area contributed by atoms with E-state index in [9.17, 15) is 9.59 Å². The first-order valence-corrected chi connectivity index (χ1v) is 12.0. The van der Waals surface area contributed by atoms with Gasteiger partial charge >= 0.3 is 6.09 Å². The average molecular weight is 485 g/mol. The topological polar surface area (TPSA) is 85.9 Å². The lowest BCUT2D eigenvalue weighted by atomic mass is 9.85. The van der Waals surface area contributed by atoms with E-state index in [0.29, 0.717) is 11.5 Å². The second-order valence-corrected chi connectivity index (χ2v) is 10.2. The Morgan fingerprint density at radius 2 is 1.37 bits per heavy atom. The molecule has 192 valence electrons. The van der Waals surface area contributed by atoms with Crippen molar-refractivity contribution >= 4 is 12.0 Å². The predicted octanol–water partition coefficient (Wildman–Crippen LogP) is 5.37. The van der Waals surface area contributed by atoms with Crippen molar-refractivity contribution in [2.45, 2.75) is 72.1 Å². The molecule has 0 aliphatic rings. The fourth-order valence-electron chi connectivity index (χ4n) is 3.71. The molecule has 2 atom stereocenters. The van der Waals surface area contributed by atoms with Crippen LogP contribution in [0.25, 0.3) is 0 Å². The van der Waals surface area contributed by atoms with E-state index >= 15 is 0 Å². The Balaban J connectivity index is 2.45. The van der Waals surface area contributed by atoms with E-state index in [1.165, 1.54) is 5.56 Å². The van der Waals surface area contributed by atoms with Crippen LogP contribution in [0.5, 0.6) is 11.5 Å². The van der Waals surface area contributed by atoms with Crippen molar-refractivity contribution in [2.24, 2.45) is 5.92 Å². The van der Waals surface area contributed by atoms with E-state index in [0.717, 1.165) is 11.1 Å². The van der Waals surface area contributed by atoms with E-state index in [1.54, 1.807) is 28.1 Å². The Morgan fingerprint density at radius 1 is 0.800 bits per heavy atom. The van der Waals surface area contributed by atoms with Gasteiger partial charge in [-0.15, -0.1) is 0 Å². The Morgan fingerprint density at radius 3 is 1.86 bits per heavy atom. The molecular weight excluding hydrogens is 444 g/mol. The highest BCUT2D eigenvalue weighted by Gasteiger charge is 2.29. The molecule has 0 saturated carbocycles. The molecule has 0 fully saturated rings. The molecule has 2 aromatic carbocycles. The molecular formula is C28H40N2O5. The first-order chi connectivity index (χ1) is 16.4. The number of alkyl carbamates (subject to hydrolysis) is 1. The van der Waals surface area contributed by atoms with Crippen molar-refractivity contribution in [3.63, 3.8) is 0 Å². The van der Waals surface area contributed by atoms with Gasteiger partial charge in [0, 0.05) is 0 Å². The molecule has 2 N–H and O–H groups in total. The second kappa shape index (κ2) is 12.0. The number of benzene rings is 2. The van der Waals surface area contributed by atoms with Gasteiger partial charge in [0.05, 0.1) is 26.4 Å². The van der Waals surface area contributed by atoms with Gasteiger partial charge in [0.25, 0.3) is 0 Å². The van der Waals surface area contributed by atoms with Crippen LogP contribution in [0.3, 0.4) is 0 Å². The maximum absolute atomic E-state index is 13.4. The highest BCUT2D eigenvalue weighted by molar-refractivity contribution is 5.86. The van der Waals surface area contributed by atoms with E-state index in [1.807, 2.05) is 44.2 Å². The van der Waals surface area contributed by atoms with Gasteiger partial charge in [0.2, 0.25) is 5.91 Å². The van der Waals surface area contributed by atoms with Crippen LogP contribution >= 0.6 is 0 Å². The monoisotopic (exact) mass is 484 g/mol. The first kappa shape index (κ1) is 28.0. The van der Waals surface area contributed by atoms with E-state index in [-0.39, 0.29) is 23.3 Å². The Labute approximate surface area is 209 Å². The second-order valence-electron chi connectivity index (χ2n) is 10.2. The maximum atomic E-state index is 13.4. The summed E-state index contributed by atoms with van der Waals surface area (Å²) in [5.41, 5.74) is 2.93. The molecule has 0 bridgehead atoms. The van der Waals surface area contributed by atoms with Gasteiger partial charge in [0.1, 0.15) is 6.04 Å². The molecule has 0 spiro atoms. The van der Waals surface area contributed by atoms with Gasteiger partial charge < -0.3 is 24.8 Å². The average Bonchev–Trinajstić information content (AvgIpc) is 2.79. The first-order valence-electron chi connectivity index (χ1n) is 12.0. The number of carbonyl (C=O) groups is 2. The van der Waals surface area contributed by atoms with Crippen LogP contribution in [0.4, 0.5) is 4.79 Å². The zero-order chi connectivity index (χ0) is 26.3. The lowest BCUT2D eigenvalue weighted by Gasteiger charge is -2.27. The summed E-state index contributed by atoms with van der Waals surface area (Å²) in [6, 6.07) is 12.5. The lowest BCUT2D eigenvalue weighted by Crippen LogP contribution is -2.51. The molecule has 0 aromatic heterocycles. The van der Waals surface area contributed by atoms with Gasteiger partial charge in [-0.05, 0) is 54.0 Å². The molecule has 2 rings (SSSR count). The Bertz CT molecular complexity index is 993. The summed E-state index contributed by atoms with van der Waals surface area (Å²) in [5.74, 6) is 0.710. The van der Waals surface area contributed by atoms with Crippen molar-refractivity contribution < 1.29 is 23.8 Å². The largest absolute Gasteiger partial charge is 0.493 e. The minimum atomic E-state index is -0.766. The van der Waals surface area contributed by atoms with Crippen LogP contribution in [0.1, 0.15) is 71.2 Å². The highest BCUT2D eigenvalue weighted by atomic mass is 16.6. The van der Waals surface area contributed by atoms with Crippen molar-refractivity contribution in [1.82, 2.24) is 10.6 Å². The number of ether oxygens (including phenoxy) is 3. The van der Waals surface area contributed by atoms with Crippen LogP contribution in [-0.4, -0.2) is 38.4 Å². The fraction of sp³-hybridized carbons (Fsp3) is 0.500. The Hall–Kier alpha value is -3.22. The van der Waals surface area contributed by atoms with Gasteiger partial charge in [-0.2, -0.15) is 0 Å². The zero-order valence-corrected chi connectivity index (χ0v) is 22.4. The SMILES string of the molecule is COc1ccc(C(NC(=O)[C@@H](NC(=O)OC(C)C)C(C)C)c2ccc(C(C)(C)C)cc2)cc1OC.